The number of carbonyl (C=O) groups excluding carboxylic acids is 2. The van der Waals surface area contributed by atoms with Gasteiger partial charge in [0.25, 0.3) is 10.0 Å². The second kappa shape index (κ2) is 14.0. The van der Waals surface area contributed by atoms with Gasteiger partial charge >= 0.3 is 0 Å². The van der Waals surface area contributed by atoms with Crippen LogP contribution in [0.5, 0.6) is 0 Å². The van der Waals surface area contributed by atoms with Crippen LogP contribution in [-0.4, -0.2) is 44.3 Å². The van der Waals surface area contributed by atoms with E-state index >= 15 is 0 Å². The van der Waals surface area contributed by atoms with E-state index in [1.54, 1.807) is 66.7 Å². The third-order valence-corrected chi connectivity index (χ3v) is 8.63. The Morgan fingerprint density at radius 3 is 2.13 bits per heavy atom. The molecule has 7 nitrogen and oxygen atoms in total. The molecular formula is C29H33BrClN3O4S. The number of anilines is 1. The number of sulfonamides is 1. The third-order valence-electron chi connectivity index (χ3n) is 6.06. The molecule has 0 aliphatic heterocycles. The van der Waals surface area contributed by atoms with E-state index < -0.39 is 28.5 Å². The monoisotopic (exact) mass is 633 g/mol. The second-order valence-electron chi connectivity index (χ2n) is 9.51. The summed E-state index contributed by atoms with van der Waals surface area (Å²) in [5.41, 5.74) is 1.10. The highest BCUT2D eigenvalue weighted by Gasteiger charge is 2.33. The first kappa shape index (κ1) is 30.7. The number of amides is 2. The standard InChI is InChI=1S/C29H33BrClN3O4S/c1-4-27(29(36)32-18-21(2)3)33(19-22-10-14-24(31)15-11-22)28(35)20-34(25-16-12-23(30)13-17-25)39(37,38)26-8-6-5-7-9-26/h5-17,21,27H,4,18-20H2,1-3H3,(H,32,36). The highest BCUT2D eigenvalue weighted by Crippen LogP contribution is 2.26. The van der Waals surface area contributed by atoms with E-state index in [4.69, 9.17) is 11.6 Å². The predicted octanol–water partition coefficient (Wildman–Crippen LogP) is 5.88. The summed E-state index contributed by atoms with van der Waals surface area (Å²) in [6, 6.07) is 20.9. The molecule has 0 heterocycles. The number of nitrogens with zero attached hydrogens (tertiary/aromatic N) is 2. The lowest BCUT2D eigenvalue weighted by Gasteiger charge is -2.33. The Labute approximate surface area is 244 Å². The van der Waals surface area contributed by atoms with Gasteiger partial charge in [0.05, 0.1) is 10.6 Å². The van der Waals surface area contributed by atoms with Crippen molar-refractivity contribution >= 4 is 55.1 Å². The molecule has 0 aromatic heterocycles. The van der Waals surface area contributed by atoms with Gasteiger partial charge in [-0.05, 0) is 66.4 Å². The Balaban J connectivity index is 2.02. The predicted molar refractivity (Wildman–Crippen MR) is 159 cm³/mol. The van der Waals surface area contributed by atoms with Crippen molar-refractivity contribution in [3.05, 3.63) is 93.9 Å². The maximum Gasteiger partial charge on any atom is 0.264 e. The minimum Gasteiger partial charge on any atom is -0.354 e. The molecule has 2 amide bonds. The van der Waals surface area contributed by atoms with Crippen LogP contribution in [0.15, 0.2) is 88.2 Å². The molecular weight excluding hydrogens is 602 g/mol. The van der Waals surface area contributed by atoms with Crippen LogP contribution in [0.1, 0.15) is 32.8 Å². The summed E-state index contributed by atoms with van der Waals surface area (Å²) in [6.07, 6.45) is 0.354. The molecule has 0 saturated carbocycles. The van der Waals surface area contributed by atoms with Gasteiger partial charge < -0.3 is 10.2 Å². The van der Waals surface area contributed by atoms with E-state index in [0.29, 0.717) is 23.7 Å². The third kappa shape index (κ3) is 8.30. The fourth-order valence-electron chi connectivity index (χ4n) is 3.98. The summed E-state index contributed by atoms with van der Waals surface area (Å²) in [5.74, 6) is -0.552. The number of hydrogen-bond donors (Lipinski definition) is 1. The highest BCUT2D eigenvalue weighted by atomic mass is 79.9. The van der Waals surface area contributed by atoms with E-state index in [1.165, 1.54) is 17.0 Å². The minimum absolute atomic E-state index is 0.0617. The molecule has 0 aliphatic rings. The van der Waals surface area contributed by atoms with Crippen molar-refractivity contribution in [2.75, 3.05) is 17.4 Å². The van der Waals surface area contributed by atoms with Crippen LogP contribution in [0.2, 0.25) is 5.02 Å². The molecule has 1 N–H and O–H groups in total. The molecule has 0 aliphatic carbocycles. The number of carbonyl (C=O) groups is 2. The number of benzene rings is 3. The fraction of sp³-hybridized carbons (Fsp3) is 0.310. The lowest BCUT2D eigenvalue weighted by atomic mass is 10.1. The molecule has 39 heavy (non-hydrogen) atoms. The summed E-state index contributed by atoms with van der Waals surface area (Å²) in [4.78, 5) is 28.7. The Bertz CT molecular complexity index is 1350. The summed E-state index contributed by atoms with van der Waals surface area (Å²) in [7, 11) is -4.10. The first-order valence-corrected chi connectivity index (χ1v) is 15.3. The fourth-order valence-corrected chi connectivity index (χ4v) is 5.81. The van der Waals surface area contributed by atoms with Crippen molar-refractivity contribution in [1.29, 1.82) is 0 Å². The van der Waals surface area contributed by atoms with Gasteiger partial charge in [0.2, 0.25) is 11.8 Å². The molecule has 1 atom stereocenters. The average molecular weight is 635 g/mol. The second-order valence-corrected chi connectivity index (χ2v) is 12.7. The van der Waals surface area contributed by atoms with Crippen molar-refractivity contribution in [2.24, 2.45) is 5.92 Å². The van der Waals surface area contributed by atoms with Crippen LogP contribution >= 0.6 is 27.5 Å². The van der Waals surface area contributed by atoms with Gasteiger partial charge in [-0.15, -0.1) is 0 Å². The number of rotatable bonds is 12. The van der Waals surface area contributed by atoms with Gasteiger partial charge in [-0.25, -0.2) is 8.42 Å². The Kier molecular flexibility index (Phi) is 11.0. The molecule has 3 rings (SSSR count). The first-order chi connectivity index (χ1) is 18.5. The largest absolute Gasteiger partial charge is 0.354 e. The molecule has 0 radical (unpaired) electrons. The van der Waals surface area contributed by atoms with Crippen LogP contribution in [0, 0.1) is 5.92 Å². The summed E-state index contributed by atoms with van der Waals surface area (Å²) < 4.78 is 29.4. The number of hydrogen-bond acceptors (Lipinski definition) is 4. The average Bonchev–Trinajstić information content (AvgIpc) is 2.92. The minimum atomic E-state index is -4.10. The van der Waals surface area contributed by atoms with E-state index in [2.05, 4.69) is 21.2 Å². The Morgan fingerprint density at radius 2 is 1.56 bits per heavy atom. The summed E-state index contributed by atoms with van der Waals surface area (Å²) in [5, 5.41) is 3.47. The molecule has 10 heteroatoms. The molecule has 0 saturated heterocycles. The van der Waals surface area contributed by atoms with E-state index in [9.17, 15) is 18.0 Å². The number of nitrogens with one attached hydrogen (secondary N) is 1. The zero-order valence-corrected chi connectivity index (χ0v) is 25.3. The van der Waals surface area contributed by atoms with E-state index in [0.717, 1.165) is 14.3 Å². The van der Waals surface area contributed by atoms with Crippen LogP contribution in [0.25, 0.3) is 0 Å². The molecule has 3 aromatic carbocycles. The summed E-state index contributed by atoms with van der Waals surface area (Å²) >= 11 is 9.43. The van der Waals surface area contributed by atoms with Gasteiger partial charge in [-0.2, -0.15) is 0 Å². The quantitative estimate of drug-likeness (QED) is 0.270. The van der Waals surface area contributed by atoms with Gasteiger partial charge in [-0.1, -0.05) is 78.6 Å². The molecule has 208 valence electrons. The molecule has 1 unspecified atom stereocenters. The molecule has 0 fully saturated rings. The van der Waals surface area contributed by atoms with E-state index in [-0.39, 0.29) is 23.3 Å². The number of halogens is 2. The lowest BCUT2D eigenvalue weighted by molar-refractivity contribution is -0.140. The van der Waals surface area contributed by atoms with Crippen LogP contribution in [-0.2, 0) is 26.2 Å². The highest BCUT2D eigenvalue weighted by molar-refractivity contribution is 9.10. The van der Waals surface area contributed by atoms with Crippen LogP contribution < -0.4 is 9.62 Å². The van der Waals surface area contributed by atoms with Crippen LogP contribution in [0.4, 0.5) is 5.69 Å². The molecule has 0 bridgehead atoms. The molecule has 3 aromatic rings. The van der Waals surface area contributed by atoms with Crippen molar-refractivity contribution in [1.82, 2.24) is 10.2 Å². The SMILES string of the molecule is CCC(C(=O)NCC(C)C)N(Cc1ccc(Cl)cc1)C(=O)CN(c1ccc(Br)cc1)S(=O)(=O)c1ccccc1. The smallest absolute Gasteiger partial charge is 0.264 e. The van der Waals surface area contributed by atoms with Crippen molar-refractivity contribution < 1.29 is 18.0 Å². The van der Waals surface area contributed by atoms with Gasteiger partial charge in [0, 0.05) is 22.6 Å². The van der Waals surface area contributed by atoms with Crippen molar-refractivity contribution in [2.45, 2.75) is 44.7 Å². The van der Waals surface area contributed by atoms with Gasteiger partial charge in [-0.3, -0.25) is 13.9 Å². The topological polar surface area (TPSA) is 86.8 Å². The van der Waals surface area contributed by atoms with Gasteiger partial charge in [0.15, 0.2) is 0 Å². The zero-order chi connectivity index (χ0) is 28.6. The Hall–Kier alpha value is -2.88. The normalized spacial score (nSPS) is 12.2. The summed E-state index contributed by atoms with van der Waals surface area (Å²) in [6.45, 7) is 5.90. The van der Waals surface area contributed by atoms with Gasteiger partial charge in [0.1, 0.15) is 12.6 Å². The maximum atomic E-state index is 14.0. The maximum absolute atomic E-state index is 14.0. The first-order valence-electron chi connectivity index (χ1n) is 12.7. The van der Waals surface area contributed by atoms with E-state index in [1.807, 2.05) is 20.8 Å². The Morgan fingerprint density at radius 1 is 0.949 bits per heavy atom. The molecule has 0 spiro atoms. The lowest BCUT2D eigenvalue weighted by Crippen LogP contribution is -2.52. The van der Waals surface area contributed by atoms with Crippen molar-refractivity contribution in [3.8, 4) is 0 Å². The van der Waals surface area contributed by atoms with Crippen molar-refractivity contribution in [3.63, 3.8) is 0 Å². The van der Waals surface area contributed by atoms with Crippen LogP contribution in [0.3, 0.4) is 0 Å². The zero-order valence-electron chi connectivity index (χ0n) is 22.2.